The SMILES string of the molecule is C=CCn1c(=O)c2c(ncn2CC=C)n(-c2ccccc2C)c1=O. The molecule has 0 N–H and O–H groups in total. The molecule has 6 nitrogen and oxygen atoms in total. The van der Waals surface area contributed by atoms with Crippen LogP contribution in [0, 0.1) is 6.92 Å². The normalized spacial score (nSPS) is 10.9. The summed E-state index contributed by atoms with van der Waals surface area (Å²) in [5, 5.41) is 0. The van der Waals surface area contributed by atoms with Crippen molar-refractivity contribution in [1.82, 2.24) is 18.7 Å². The predicted molar refractivity (Wildman–Crippen MR) is 94.7 cm³/mol. The molecule has 6 heteroatoms. The van der Waals surface area contributed by atoms with Crippen molar-refractivity contribution in [1.29, 1.82) is 0 Å². The van der Waals surface area contributed by atoms with E-state index in [2.05, 4.69) is 18.1 Å². The minimum absolute atomic E-state index is 0.138. The molecule has 0 aliphatic heterocycles. The first-order valence-electron chi connectivity index (χ1n) is 7.58. The smallest absolute Gasteiger partial charge is 0.321 e. The lowest BCUT2D eigenvalue weighted by Gasteiger charge is -2.13. The molecule has 3 rings (SSSR count). The minimum atomic E-state index is -0.425. The molecular formula is C18H18N4O2. The standard InChI is InChI=1S/C18H18N4O2/c1-4-10-20-12-19-16-15(20)17(23)21(11-5-2)18(24)22(16)14-9-7-6-8-13(14)3/h4-9,12H,1-2,10-11H2,3H3. The van der Waals surface area contributed by atoms with Gasteiger partial charge in [-0.2, -0.15) is 0 Å². The van der Waals surface area contributed by atoms with E-state index >= 15 is 0 Å². The van der Waals surface area contributed by atoms with Crippen molar-refractivity contribution >= 4 is 11.2 Å². The molecular weight excluding hydrogens is 304 g/mol. The number of rotatable bonds is 5. The van der Waals surface area contributed by atoms with Crippen LogP contribution in [0.5, 0.6) is 0 Å². The Morgan fingerprint density at radius 1 is 1.12 bits per heavy atom. The van der Waals surface area contributed by atoms with Crippen molar-refractivity contribution in [2.24, 2.45) is 0 Å². The van der Waals surface area contributed by atoms with Gasteiger partial charge in [-0.15, -0.1) is 13.2 Å². The summed E-state index contributed by atoms with van der Waals surface area (Å²) in [5.41, 5.74) is 1.54. The summed E-state index contributed by atoms with van der Waals surface area (Å²) < 4.78 is 4.34. The Morgan fingerprint density at radius 3 is 2.50 bits per heavy atom. The Labute approximate surface area is 138 Å². The Bertz CT molecular complexity index is 1050. The molecule has 0 amide bonds. The third-order valence-corrected chi connectivity index (χ3v) is 3.89. The van der Waals surface area contributed by atoms with Gasteiger partial charge in [-0.3, -0.25) is 9.36 Å². The van der Waals surface area contributed by atoms with Crippen LogP contribution in [-0.4, -0.2) is 18.7 Å². The van der Waals surface area contributed by atoms with Crippen LogP contribution >= 0.6 is 0 Å². The van der Waals surface area contributed by atoms with Crippen molar-refractivity contribution in [3.05, 3.63) is 82.3 Å². The van der Waals surface area contributed by atoms with Crippen LogP contribution < -0.4 is 11.2 Å². The first-order chi connectivity index (χ1) is 11.6. The zero-order valence-electron chi connectivity index (χ0n) is 13.5. The van der Waals surface area contributed by atoms with E-state index < -0.39 is 5.69 Å². The van der Waals surface area contributed by atoms with Crippen molar-refractivity contribution in [3.8, 4) is 5.69 Å². The summed E-state index contributed by atoms with van der Waals surface area (Å²) in [6.45, 7) is 9.83. The molecule has 0 atom stereocenters. The minimum Gasteiger partial charge on any atom is -0.321 e. The van der Waals surface area contributed by atoms with Gasteiger partial charge in [0.05, 0.1) is 12.0 Å². The quantitative estimate of drug-likeness (QED) is 0.675. The number of nitrogens with zero attached hydrogens (tertiary/aromatic N) is 4. The maximum Gasteiger partial charge on any atom is 0.337 e. The molecule has 24 heavy (non-hydrogen) atoms. The van der Waals surface area contributed by atoms with Gasteiger partial charge < -0.3 is 4.57 Å². The Hall–Kier alpha value is -3.15. The van der Waals surface area contributed by atoms with Gasteiger partial charge in [0.25, 0.3) is 5.56 Å². The molecule has 0 aliphatic carbocycles. The molecule has 3 aromatic rings. The van der Waals surface area contributed by atoms with Crippen LogP contribution in [0.4, 0.5) is 0 Å². The summed E-state index contributed by atoms with van der Waals surface area (Å²) in [6, 6.07) is 7.50. The first kappa shape index (κ1) is 15.7. The number of hydrogen-bond acceptors (Lipinski definition) is 3. The molecule has 1 aromatic carbocycles. The van der Waals surface area contributed by atoms with Crippen LogP contribution in [0.15, 0.2) is 65.5 Å². The van der Waals surface area contributed by atoms with Gasteiger partial charge in [-0.05, 0) is 18.6 Å². The molecule has 2 heterocycles. The van der Waals surface area contributed by atoms with Crippen LogP contribution in [0.2, 0.25) is 0 Å². The van der Waals surface area contributed by atoms with Gasteiger partial charge >= 0.3 is 5.69 Å². The van der Waals surface area contributed by atoms with Gasteiger partial charge in [0.15, 0.2) is 11.2 Å². The predicted octanol–water partition coefficient (Wildman–Crippen LogP) is 2.03. The van der Waals surface area contributed by atoms with Crippen LogP contribution in [0.3, 0.4) is 0 Å². The molecule has 0 aliphatic rings. The average molecular weight is 322 g/mol. The highest BCUT2D eigenvalue weighted by molar-refractivity contribution is 5.72. The summed E-state index contributed by atoms with van der Waals surface area (Å²) in [7, 11) is 0. The molecule has 0 spiro atoms. The molecule has 0 saturated carbocycles. The fraction of sp³-hybridized carbons (Fsp3) is 0.167. The summed E-state index contributed by atoms with van der Waals surface area (Å²) in [6.07, 6.45) is 4.77. The number of benzene rings is 1. The third kappa shape index (κ3) is 2.32. The second kappa shape index (κ2) is 6.16. The van der Waals surface area contributed by atoms with Gasteiger partial charge in [0.2, 0.25) is 0 Å². The first-order valence-corrected chi connectivity index (χ1v) is 7.58. The fourth-order valence-electron chi connectivity index (χ4n) is 2.78. The van der Waals surface area contributed by atoms with Gasteiger partial charge in [-0.1, -0.05) is 30.4 Å². The van der Waals surface area contributed by atoms with Crippen molar-refractivity contribution < 1.29 is 0 Å². The third-order valence-electron chi connectivity index (χ3n) is 3.89. The number of fused-ring (bicyclic) bond motifs is 1. The summed E-state index contributed by atoms with van der Waals surface area (Å²) >= 11 is 0. The number of aryl methyl sites for hydroxylation is 1. The van der Waals surface area contributed by atoms with Crippen molar-refractivity contribution in [2.45, 2.75) is 20.0 Å². The largest absolute Gasteiger partial charge is 0.337 e. The number of allylic oxidation sites excluding steroid dienone is 2. The zero-order valence-corrected chi connectivity index (χ0v) is 13.5. The van der Waals surface area contributed by atoms with Crippen molar-refractivity contribution in [3.63, 3.8) is 0 Å². The van der Waals surface area contributed by atoms with Gasteiger partial charge in [0, 0.05) is 13.1 Å². The highest BCUT2D eigenvalue weighted by Gasteiger charge is 2.18. The second-order valence-corrected chi connectivity index (χ2v) is 5.47. The van der Waals surface area contributed by atoms with E-state index in [-0.39, 0.29) is 12.1 Å². The highest BCUT2D eigenvalue weighted by Crippen LogP contribution is 2.16. The van der Waals surface area contributed by atoms with Crippen molar-refractivity contribution in [2.75, 3.05) is 0 Å². The number of aromatic nitrogens is 4. The second-order valence-electron chi connectivity index (χ2n) is 5.47. The number of imidazole rings is 1. The number of para-hydroxylation sites is 1. The lowest BCUT2D eigenvalue weighted by atomic mass is 10.2. The van der Waals surface area contributed by atoms with Gasteiger partial charge in [0.1, 0.15) is 0 Å². The van der Waals surface area contributed by atoms with E-state index in [4.69, 9.17) is 0 Å². The maximum absolute atomic E-state index is 12.9. The van der Waals surface area contributed by atoms with E-state index in [1.54, 1.807) is 17.0 Å². The molecule has 0 saturated heterocycles. The molecule has 0 bridgehead atoms. The highest BCUT2D eigenvalue weighted by atomic mass is 16.2. The Kier molecular flexibility index (Phi) is 4.04. The molecule has 122 valence electrons. The van der Waals surface area contributed by atoms with E-state index in [0.717, 1.165) is 5.56 Å². The number of hydrogen-bond donors (Lipinski definition) is 0. The van der Waals surface area contributed by atoms with E-state index in [1.807, 2.05) is 31.2 Å². The van der Waals surface area contributed by atoms with Gasteiger partial charge in [-0.25, -0.2) is 14.3 Å². The van der Waals surface area contributed by atoms with Crippen LogP contribution in [0.1, 0.15) is 5.56 Å². The van der Waals surface area contributed by atoms with E-state index in [1.165, 1.54) is 15.2 Å². The Morgan fingerprint density at radius 2 is 1.83 bits per heavy atom. The van der Waals surface area contributed by atoms with Crippen LogP contribution in [-0.2, 0) is 13.1 Å². The molecule has 0 unspecified atom stereocenters. The van der Waals surface area contributed by atoms with Crippen LogP contribution in [0.25, 0.3) is 16.9 Å². The summed E-state index contributed by atoms with van der Waals surface area (Å²) in [5.74, 6) is 0. The monoisotopic (exact) mass is 322 g/mol. The van der Waals surface area contributed by atoms with E-state index in [0.29, 0.717) is 23.4 Å². The van der Waals surface area contributed by atoms with E-state index in [9.17, 15) is 9.59 Å². The molecule has 0 radical (unpaired) electrons. The molecule has 0 fully saturated rings. The maximum atomic E-state index is 12.9. The summed E-state index contributed by atoms with van der Waals surface area (Å²) in [4.78, 5) is 30.0. The lowest BCUT2D eigenvalue weighted by molar-refractivity contribution is 0.690. The topological polar surface area (TPSA) is 61.8 Å². The fourth-order valence-corrected chi connectivity index (χ4v) is 2.78. The zero-order chi connectivity index (χ0) is 17.3. The molecule has 2 aromatic heterocycles. The lowest BCUT2D eigenvalue weighted by Crippen LogP contribution is -2.40. The Balaban J connectivity index is 2.51. The average Bonchev–Trinajstić information content (AvgIpc) is 2.97.